The van der Waals surface area contributed by atoms with Crippen LogP contribution in [0.5, 0.6) is 0 Å². The van der Waals surface area contributed by atoms with Gasteiger partial charge in [-0.15, -0.1) is 0 Å². The molecule has 5 N–H and O–H groups in total. The molecule has 4 atom stereocenters. The summed E-state index contributed by atoms with van der Waals surface area (Å²) in [6, 6.07) is 0. The van der Waals surface area contributed by atoms with Crippen LogP contribution in [0, 0.1) is 0 Å². The first-order valence-electron chi connectivity index (χ1n) is 7.08. The van der Waals surface area contributed by atoms with Gasteiger partial charge in [0, 0.05) is 6.20 Å². The van der Waals surface area contributed by atoms with Gasteiger partial charge in [0.2, 0.25) is 0 Å². The number of aliphatic hydroxyl groups is 2. The van der Waals surface area contributed by atoms with Gasteiger partial charge < -0.3 is 24.7 Å². The highest BCUT2D eigenvalue weighted by atomic mass is 35.5. The number of alkyl halides is 1. The van der Waals surface area contributed by atoms with Gasteiger partial charge in [-0.1, -0.05) is 11.6 Å². The van der Waals surface area contributed by atoms with Crippen LogP contribution >= 0.6 is 19.4 Å². The van der Waals surface area contributed by atoms with Crippen molar-refractivity contribution in [1.82, 2.24) is 9.55 Å². The molecule has 0 saturated carbocycles. The minimum absolute atomic E-state index is 0.488. The Morgan fingerprint density at radius 3 is 2.42 bits per heavy atom. The molecular formula is C9H14B3ClFN2O9P. The van der Waals surface area contributed by atoms with E-state index >= 15 is 4.39 Å². The van der Waals surface area contributed by atoms with Crippen LogP contribution < -0.4 is 11.2 Å². The predicted octanol–water partition coefficient (Wildman–Crippen LogP) is -5.12. The van der Waals surface area contributed by atoms with Crippen LogP contribution in [0.4, 0.5) is 4.39 Å². The van der Waals surface area contributed by atoms with Crippen molar-refractivity contribution in [3.8, 4) is 0 Å². The van der Waals surface area contributed by atoms with Crippen LogP contribution in [-0.4, -0.2) is 76.6 Å². The molecule has 0 radical (unpaired) electrons. The lowest BCUT2D eigenvalue weighted by Gasteiger charge is -2.39. The molecule has 142 valence electrons. The largest absolute Gasteiger partial charge is 0.468 e. The van der Waals surface area contributed by atoms with Gasteiger partial charge >= 0.3 is 13.5 Å². The van der Waals surface area contributed by atoms with E-state index in [1.807, 2.05) is 4.98 Å². The van der Waals surface area contributed by atoms with Crippen molar-refractivity contribution in [2.45, 2.75) is 29.1 Å². The van der Waals surface area contributed by atoms with E-state index in [0.717, 1.165) is 29.7 Å². The highest BCUT2D eigenvalue weighted by Gasteiger charge is 2.68. The lowest BCUT2D eigenvalue weighted by Crippen LogP contribution is -2.60. The number of nitrogens with zero attached hydrogens (tertiary/aromatic N) is 1. The van der Waals surface area contributed by atoms with E-state index in [1.165, 1.54) is 0 Å². The van der Waals surface area contributed by atoms with E-state index in [2.05, 4.69) is 4.52 Å². The van der Waals surface area contributed by atoms with E-state index < -0.39 is 53.2 Å². The average molecular weight is 412 g/mol. The SMILES string of the molecule is BC(B)(OP(=O)(O)O)[C@@]1(F)O[C@@](B)(n2cc(Cl)c(=O)[nH]c2=O)[C@H](O)[C@@H]1O. The molecule has 1 fully saturated rings. The zero-order chi connectivity index (χ0) is 20.3. The summed E-state index contributed by atoms with van der Waals surface area (Å²) < 4.78 is 36.5. The number of rotatable bonds is 4. The first kappa shape index (κ1) is 21.4. The summed E-state index contributed by atoms with van der Waals surface area (Å²) in [6.45, 7) is 0. The predicted molar refractivity (Wildman–Crippen MR) is 92.7 cm³/mol. The van der Waals surface area contributed by atoms with Crippen LogP contribution in [0.25, 0.3) is 0 Å². The number of aromatic nitrogens is 2. The molecule has 0 spiro atoms. The second-order valence-corrected chi connectivity index (χ2v) is 7.96. The third-order valence-electron chi connectivity index (χ3n) is 4.13. The number of phosphoric ester groups is 1. The lowest BCUT2D eigenvalue weighted by molar-refractivity contribution is -0.240. The molecular weight excluding hydrogens is 398 g/mol. The van der Waals surface area contributed by atoms with E-state index in [4.69, 9.17) is 26.1 Å². The van der Waals surface area contributed by atoms with Gasteiger partial charge in [0.25, 0.3) is 11.4 Å². The molecule has 2 heterocycles. The van der Waals surface area contributed by atoms with Crippen molar-refractivity contribution in [3.05, 3.63) is 32.1 Å². The molecule has 0 unspecified atom stereocenters. The second-order valence-electron chi connectivity index (χ2n) is 6.39. The minimum atomic E-state index is -5.22. The molecule has 2 rings (SSSR count). The Bertz CT molecular complexity index is 892. The Kier molecular flexibility index (Phi) is 5.19. The van der Waals surface area contributed by atoms with Crippen molar-refractivity contribution in [3.63, 3.8) is 0 Å². The van der Waals surface area contributed by atoms with E-state index in [-0.39, 0.29) is 0 Å². The molecule has 0 amide bonds. The number of hydrogen-bond acceptors (Lipinski definition) is 7. The van der Waals surface area contributed by atoms with Gasteiger partial charge in [0.1, 0.15) is 38.5 Å². The Balaban J connectivity index is 2.59. The van der Waals surface area contributed by atoms with Crippen LogP contribution in [0.2, 0.25) is 5.02 Å². The number of ether oxygens (including phenoxy) is 1. The van der Waals surface area contributed by atoms with Crippen molar-refractivity contribution in [1.29, 1.82) is 0 Å². The summed E-state index contributed by atoms with van der Waals surface area (Å²) in [5, 5.41) is 17.5. The second kappa shape index (κ2) is 6.31. The lowest BCUT2D eigenvalue weighted by atomic mass is 9.59. The fraction of sp³-hybridized carbons (Fsp3) is 0.556. The summed E-state index contributed by atoms with van der Waals surface area (Å²) in [7, 11) is -2.47. The maximum Gasteiger partial charge on any atom is 0.468 e. The molecule has 1 aromatic heterocycles. The van der Waals surface area contributed by atoms with Crippen LogP contribution in [-0.2, 0) is 19.4 Å². The fourth-order valence-electron chi connectivity index (χ4n) is 2.73. The Labute approximate surface area is 152 Å². The number of aromatic amines is 1. The maximum atomic E-state index is 15.4. The first-order chi connectivity index (χ1) is 11.5. The van der Waals surface area contributed by atoms with Crippen molar-refractivity contribution in [2.75, 3.05) is 0 Å². The Morgan fingerprint density at radius 1 is 1.38 bits per heavy atom. The van der Waals surface area contributed by atoms with E-state index in [9.17, 15) is 24.4 Å². The molecule has 0 aliphatic carbocycles. The minimum Gasteiger partial charge on any atom is -0.386 e. The number of H-pyrrole nitrogens is 1. The summed E-state index contributed by atoms with van der Waals surface area (Å²) in [6.07, 6.45) is -3.72. The number of aliphatic hydroxyl groups excluding tert-OH is 2. The van der Waals surface area contributed by atoms with Gasteiger partial charge in [-0.05, 0) is 0 Å². The third-order valence-corrected chi connectivity index (χ3v) is 5.09. The van der Waals surface area contributed by atoms with Crippen molar-refractivity contribution in [2.24, 2.45) is 0 Å². The number of phosphoric acid groups is 1. The normalized spacial score (nSPS) is 32.7. The molecule has 26 heavy (non-hydrogen) atoms. The number of hydrogen-bond donors (Lipinski definition) is 5. The fourth-order valence-corrected chi connectivity index (χ4v) is 3.59. The molecule has 1 aromatic rings. The van der Waals surface area contributed by atoms with Gasteiger partial charge in [0.05, 0.1) is 5.40 Å². The molecule has 0 bridgehead atoms. The number of halogens is 2. The third kappa shape index (κ3) is 3.34. The standard InChI is InChI=1S/C9H14B3ClFN2O9P/c10-8(16-1-2(13)5(19)15-6(16)20)4(18)3(17)7(14,24-8)9(11,12)25-26(21,22)23/h1,3-4,17-18H,10-12H2,(H,15,19,20)(H2,21,22,23)/t3-,4+,7-,8-/m0/s1. The number of nitrogens with one attached hydrogen (secondary N) is 1. The van der Waals surface area contributed by atoms with Gasteiger partial charge in [0.15, 0.2) is 7.85 Å². The summed E-state index contributed by atoms with van der Waals surface area (Å²) in [4.78, 5) is 43.1. The van der Waals surface area contributed by atoms with Gasteiger partial charge in [-0.3, -0.25) is 18.9 Å². The zero-order valence-corrected chi connectivity index (χ0v) is 15.4. The van der Waals surface area contributed by atoms with E-state index in [1.54, 1.807) is 0 Å². The van der Waals surface area contributed by atoms with Gasteiger partial charge in [-0.2, -0.15) is 0 Å². The van der Waals surface area contributed by atoms with Gasteiger partial charge in [-0.25, -0.2) is 13.8 Å². The first-order valence-corrected chi connectivity index (χ1v) is 8.99. The van der Waals surface area contributed by atoms with Crippen molar-refractivity contribution < 1.29 is 38.2 Å². The Hall–Kier alpha value is -0.915. The molecule has 0 aromatic carbocycles. The molecule has 11 nitrogen and oxygen atoms in total. The Morgan fingerprint density at radius 2 is 1.92 bits per heavy atom. The van der Waals surface area contributed by atoms with Crippen molar-refractivity contribution >= 4 is 43.0 Å². The monoisotopic (exact) mass is 412 g/mol. The summed E-state index contributed by atoms with van der Waals surface area (Å²) in [5.74, 6) is -3.36. The summed E-state index contributed by atoms with van der Waals surface area (Å²) >= 11 is 5.63. The topological polar surface area (TPSA) is 171 Å². The molecule has 1 aliphatic heterocycles. The zero-order valence-electron chi connectivity index (χ0n) is 13.7. The summed E-state index contributed by atoms with van der Waals surface area (Å²) in [5.41, 5.74) is -4.37. The average Bonchev–Trinajstić information content (AvgIpc) is 2.63. The molecule has 17 heteroatoms. The maximum absolute atomic E-state index is 15.4. The highest BCUT2D eigenvalue weighted by Crippen LogP contribution is 2.50. The van der Waals surface area contributed by atoms with Crippen LogP contribution in [0.1, 0.15) is 0 Å². The van der Waals surface area contributed by atoms with E-state index in [0.29, 0.717) is 4.57 Å². The van der Waals surface area contributed by atoms with Crippen LogP contribution in [0.3, 0.4) is 0 Å². The highest BCUT2D eigenvalue weighted by molar-refractivity contribution is 7.46. The van der Waals surface area contributed by atoms with Crippen LogP contribution in [0.15, 0.2) is 15.8 Å². The quantitative estimate of drug-likeness (QED) is 0.240. The smallest absolute Gasteiger partial charge is 0.386 e. The molecule has 1 aliphatic rings. The molecule has 1 saturated heterocycles.